The number of aromatic nitrogens is 3. The molecule has 0 aromatic carbocycles. The number of nitrogens with zero attached hydrogens (tertiary/aromatic N) is 4. The zero-order valence-corrected chi connectivity index (χ0v) is 11.6. The summed E-state index contributed by atoms with van der Waals surface area (Å²) in [7, 11) is 0. The standard InChI is InChI=1S/C12H9BF2N4OS/c14-12(15)20-11-2-1-9(5-17-11)21-19-6-8-3-13(7-16)4-10(8)18-19/h1-2,5-6,12H,3-4H2. The van der Waals surface area contributed by atoms with Crippen molar-refractivity contribution in [1.82, 2.24) is 14.2 Å². The number of hydrogen-bond acceptors (Lipinski definition) is 5. The molecule has 0 bridgehead atoms. The van der Waals surface area contributed by atoms with E-state index in [4.69, 9.17) is 5.26 Å². The molecule has 1 aliphatic rings. The molecule has 1 aliphatic heterocycles. The second kappa shape index (κ2) is 5.73. The second-order valence-electron chi connectivity index (χ2n) is 4.54. The van der Waals surface area contributed by atoms with Gasteiger partial charge < -0.3 is 4.74 Å². The zero-order valence-electron chi connectivity index (χ0n) is 10.7. The Hall–Kier alpha value is -2.08. The van der Waals surface area contributed by atoms with E-state index in [1.165, 1.54) is 24.2 Å². The van der Waals surface area contributed by atoms with Crippen LogP contribution in [0, 0.1) is 11.2 Å². The quantitative estimate of drug-likeness (QED) is 0.810. The fourth-order valence-electron chi connectivity index (χ4n) is 2.16. The van der Waals surface area contributed by atoms with Gasteiger partial charge in [-0.25, -0.2) is 14.3 Å². The third-order valence-corrected chi connectivity index (χ3v) is 3.89. The molecule has 0 aliphatic carbocycles. The monoisotopic (exact) mass is 306 g/mol. The first-order valence-corrected chi connectivity index (χ1v) is 6.97. The Morgan fingerprint density at radius 1 is 1.43 bits per heavy atom. The molecule has 0 fully saturated rings. The Morgan fingerprint density at radius 2 is 2.29 bits per heavy atom. The van der Waals surface area contributed by atoms with E-state index < -0.39 is 6.61 Å². The van der Waals surface area contributed by atoms with E-state index in [-0.39, 0.29) is 12.6 Å². The molecular weight excluding hydrogens is 297 g/mol. The number of nitriles is 1. The summed E-state index contributed by atoms with van der Waals surface area (Å²) in [6.07, 6.45) is 4.75. The van der Waals surface area contributed by atoms with Crippen molar-refractivity contribution in [3.8, 4) is 11.8 Å². The molecule has 21 heavy (non-hydrogen) atoms. The first kappa shape index (κ1) is 13.9. The van der Waals surface area contributed by atoms with Crippen molar-refractivity contribution in [2.24, 2.45) is 0 Å². The van der Waals surface area contributed by atoms with Gasteiger partial charge in [-0.05, 0) is 24.3 Å². The van der Waals surface area contributed by atoms with Crippen LogP contribution in [-0.2, 0) is 12.6 Å². The molecule has 0 unspecified atom stereocenters. The van der Waals surface area contributed by atoms with Gasteiger partial charge in [-0.2, -0.15) is 13.9 Å². The Labute approximate surface area is 124 Å². The van der Waals surface area contributed by atoms with Crippen LogP contribution in [0.1, 0.15) is 11.3 Å². The first-order chi connectivity index (χ1) is 10.1. The van der Waals surface area contributed by atoms with Crippen molar-refractivity contribution in [2.45, 2.75) is 24.1 Å². The van der Waals surface area contributed by atoms with E-state index in [0.29, 0.717) is 6.32 Å². The Kier molecular flexibility index (Phi) is 3.79. The summed E-state index contributed by atoms with van der Waals surface area (Å²) in [6.45, 7) is -2.85. The van der Waals surface area contributed by atoms with E-state index in [9.17, 15) is 8.78 Å². The maximum absolute atomic E-state index is 12.0. The zero-order chi connectivity index (χ0) is 14.8. The van der Waals surface area contributed by atoms with Crippen LogP contribution in [0.25, 0.3) is 0 Å². The molecule has 106 valence electrons. The molecular formula is C12H9BF2N4OS. The summed E-state index contributed by atoms with van der Waals surface area (Å²) in [5, 5.41) is 13.3. The van der Waals surface area contributed by atoms with Gasteiger partial charge in [-0.3, -0.25) is 0 Å². The number of hydrogen-bond donors (Lipinski definition) is 0. The molecule has 2 aromatic heterocycles. The molecule has 0 atom stereocenters. The predicted molar refractivity (Wildman–Crippen MR) is 73.1 cm³/mol. The Balaban J connectivity index is 1.67. The van der Waals surface area contributed by atoms with Crippen LogP contribution in [0.15, 0.2) is 29.4 Å². The molecule has 9 heteroatoms. The van der Waals surface area contributed by atoms with E-state index in [0.717, 1.165) is 22.5 Å². The van der Waals surface area contributed by atoms with Gasteiger partial charge in [0.25, 0.3) is 6.71 Å². The maximum atomic E-state index is 12.0. The molecule has 0 radical (unpaired) electrons. The van der Waals surface area contributed by atoms with Crippen molar-refractivity contribution in [2.75, 3.05) is 0 Å². The minimum Gasteiger partial charge on any atom is -0.417 e. The van der Waals surface area contributed by atoms with Crippen molar-refractivity contribution < 1.29 is 13.5 Å². The van der Waals surface area contributed by atoms with E-state index >= 15 is 0 Å². The Bertz CT molecular complexity index is 662. The molecule has 3 heterocycles. The average Bonchev–Trinajstić information content (AvgIpc) is 2.98. The highest BCUT2D eigenvalue weighted by Gasteiger charge is 2.28. The molecule has 0 spiro atoms. The minimum atomic E-state index is -2.88. The third kappa shape index (κ3) is 3.16. The molecule has 0 saturated heterocycles. The second-order valence-corrected chi connectivity index (χ2v) is 5.57. The lowest BCUT2D eigenvalue weighted by molar-refractivity contribution is -0.0529. The van der Waals surface area contributed by atoms with Crippen LogP contribution in [0.3, 0.4) is 0 Å². The van der Waals surface area contributed by atoms with Crippen molar-refractivity contribution in [3.05, 3.63) is 35.8 Å². The van der Waals surface area contributed by atoms with Crippen LogP contribution in [0.2, 0.25) is 0 Å². The van der Waals surface area contributed by atoms with Gasteiger partial charge in [-0.15, -0.1) is 0 Å². The number of pyridine rings is 1. The summed E-state index contributed by atoms with van der Waals surface area (Å²) in [4.78, 5) is 4.56. The molecule has 0 saturated carbocycles. The van der Waals surface area contributed by atoms with E-state index in [1.54, 1.807) is 10.2 Å². The van der Waals surface area contributed by atoms with Gasteiger partial charge in [0, 0.05) is 41.3 Å². The number of fused-ring (bicyclic) bond motifs is 1. The summed E-state index contributed by atoms with van der Waals surface area (Å²) in [6, 6.07) is 3.03. The molecule has 0 N–H and O–H groups in total. The van der Waals surface area contributed by atoms with Gasteiger partial charge in [0.2, 0.25) is 5.88 Å². The van der Waals surface area contributed by atoms with Crippen molar-refractivity contribution in [3.63, 3.8) is 0 Å². The highest BCUT2D eigenvalue weighted by atomic mass is 32.2. The Morgan fingerprint density at radius 3 is 2.90 bits per heavy atom. The molecule has 2 aromatic rings. The lowest BCUT2D eigenvalue weighted by Gasteiger charge is -2.04. The average molecular weight is 306 g/mol. The minimum absolute atomic E-state index is 0.0228. The van der Waals surface area contributed by atoms with Crippen LogP contribution < -0.4 is 4.74 Å². The number of alkyl halides is 2. The smallest absolute Gasteiger partial charge is 0.388 e. The first-order valence-electron chi connectivity index (χ1n) is 6.20. The summed E-state index contributed by atoms with van der Waals surface area (Å²) in [5.74, 6) is 2.13. The van der Waals surface area contributed by atoms with E-state index in [2.05, 4.69) is 20.8 Å². The van der Waals surface area contributed by atoms with Crippen molar-refractivity contribution >= 4 is 18.7 Å². The number of ether oxygens (including phenoxy) is 1. The molecule has 5 nitrogen and oxygen atoms in total. The van der Waals surface area contributed by atoms with Gasteiger partial charge in [0.05, 0.1) is 5.69 Å². The van der Waals surface area contributed by atoms with Crippen LogP contribution in [0.4, 0.5) is 8.78 Å². The van der Waals surface area contributed by atoms with Crippen molar-refractivity contribution in [1.29, 1.82) is 5.26 Å². The van der Waals surface area contributed by atoms with Gasteiger partial charge >= 0.3 is 6.61 Å². The fourth-order valence-corrected chi connectivity index (χ4v) is 2.93. The lowest BCUT2D eigenvalue weighted by Crippen LogP contribution is -2.11. The lowest BCUT2D eigenvalue weighted by atomic mass is 9.49. The van der Waals surface area contributed by atoms with Gasteiger partial charge in [0.15, 0.2) is 0 Å². The third-order valence-electron chi connectivity index (χ3n) is 3.06. The summed E-state index contributed by atoms with van der Waals surface area (Å²) >= 11 is 1.33. The fraction of sp³-hybridized carbons (Fsp3) is 0.250. The highest BCUT2D eigenvalue weighted by molar-refractivity contribution is 7.97. The van der Waals surface area contributed by atoms with E-state index in [1.807, 2.05) is 6.20 Å². The maximum Gasteiger partial charge on any atom is 0.388 e. The van der Waals surface area contributed by atoms with Crippen LogP contribution in [0.5, 0.6) is 5.88 Å². The topological polar surface area (TPSA) is 63.7 Å². The SMILES string of the molecule is N#CB1Cc2cn(Sc3ccc(OC(F)F)nc3)nc2C1. The predicted octanol–water partition coefficient (Wildman–Crippen LogP) is 2.17. The van der Waals surface area contributed by atoms with Gasteiger partial charge in [-0.1, -0.05) is 0 Å². The van der Waals surface area contributed by atoms with Crippen LogP contribution in [-0.4, -0.2) is 27.5 Å². The summed E-state index contributed by atoms with van der Waals surface area (Å²) < 4.78 is 29.9. The van der Waals surface area contributed by atoms with Crippen LogP contribution >= 0.6 is 11.9 Å². The molecule has 0 amide bonds. The normalized spacial score (nSPS) is 13.3. The largest absolute Gasteiger partial charge is 0.417 e. The molecule has 3 rings (SSSR count). The summed E-state index contributed by atoms with van der Waals surface area (Å²) in [5.41, 5.74) is 2.03. The number of halogens is 2. The number of rotatable bonds is 4. The van der Waals surface area contributed by atoms with Gasteiger partial charge in [0.1, 0.15) is 0 Å². The highest BCUT2D eigenvalue weighted by Crippen LogP contribution is 2.26.